The number of aliphatic imine (C=N–C) groups is 1. The lowest BCUT2D eigenvalue weighted by molar-refractivity contribution is 0.00578. The molecular weight excluding hydrogens is 561 g/mol. The second kappa shape index (κ2) is 12.8. The number of hydrogen-bond acceptors (Lipinski definition) is 7. The molecule has 9 heteroatoms. The standard InChI is InChI=1S/C36H38BN5O3/c1-35(2)36(3,4)45-37(44-35)30-20-16-26(17-21-30)24-32(34-39-40-41-42(34)25-27-18-22-31(43-5)23-19-27)38-33(28-12-8-6-9-13-28)29-14-10-7-11-15-29/h6-23,32H,24-25H2,1-5H3. The van der Waals surface area contributed by atoms with Gasteiger partial charge in [0.25, 0.3) is 0 Å². The van der Waals surface area contributed by atoms with E-state index < -0.39 is 18.3 Å². The first-order valence-electron chi connectivity index (χ1n) is 15.2. The summed E-state index contributed by atoms with van der Waals surface area (Å²) in [6.45, 7) is 8.77. The van der Waals surface area contributed by atoms with E-state index in [-0.39, 0.29) is 6.04 Å². The minimum Gasteiger partial charge on any atom is -0.497 e. The van der Waals surface area contributed by atoms with Crippen molar-refractivity contribution in [1.29, 1.82) is 0 Å². The lowest BCUT2D eigenvalue weighted by Gasteiger charge is -2.32. The van der Waals surface area contributed by atoms with Crippen LogP contribution in [0.3, 0.4) is 0 Å². The van der Waals surface area contributed by atoms with Gasteiger partial charge in [-0.05, 0) is 66.8 Å². The van der Waals surface area contributed by atoms with Crippen molar-refractivity contribution in [2.24, 2.45) is 4.99 Å². The van der Waals surface area contributed by atoms with Crippen molar-refractivity contribution in [3.8, 4) is 5.75 Å². The maximum Gasteiger partial charge on any atom is 0.494 e. The Bertz CT molecular complexity index is 1680. The molecule has 1 aliphatic heterocycles. The molecule has 2 heterocycles. The maximum absolute atomic E-state index is 6.29. The maximum atomic E-state index is 6.29. The van der Waals surface area contributed by atoms with E-state index >= 15 is 0 Å². The van der Waals surface area contributed by atoms with Gasteiger partial charge in [0.05, 0.1) is 30.6 Å². The van der Waals surface area contributed by atoms with E-state index in [0.717, 1.165) is 39.2 Å². The van der Waals surface area contributed by atoms with Gasteiger partial charge in [-0.15, -0.1) is 5.10 Å². The van der Waals surface area contributed by atoms with Crippen molar-refractivity contribution in [3.05, 3.63) is 137 Å². The number of methoxy groups -OCH3 is 1. The number of aromatic nitrogens is 4. The van der Waals surface area contributed by atoms with E-state index in [1.165, 1.54) is 0 Å². The number of hydrogen-bond donors (Lipinski definition) is 0. The van der Waals surface area contributed by atoms with Gasteiger partial charge in [-0.2, -0.15) is 0 Å². The van der Waals surface area contributed by atoms with E-state index in [0.29, 0.717) is 18.8 Å². The van der Waals surface area contributed by atoms with Crippen molar-refractivity contribution in [2.75, 3.05) is 7.11 Å². The first kappa shape index (κ1) is 30.4. The molecule has 1 atom stereocenters. The highest BCUT2D eigenvalue weighted by Gasteiger charge is 2.51. The van der Waals surface area contributed by atoms with Crippen molar-refractivity contribution in [1.82, 2.24) is 20.2 Å². The van der Waals surface area contributed by atoms with E-state index in [2.05, 4.69) is 91.8 Å². The smallest absolute Gasteiger partial charge is 0.494 e. The molecule has 1 fully saturated rings. The predicted octanol–water partition coefficient (Wildman–Crippen LogP) is 5.85. The molecule has 6 rings (SSSR count). The molecular formula is C36H38BN5O3. The van der Waals surface area contributed by atoms with Crippen LogP contribution in [0.2, 0.25) is 0 Å². The van der Waals surface area contributed by atoms with Gasteiger partial charge >= 0.3 is 7.12 Å². The SMILES string of the molecule is COc1ccc(Cn2nnnc2C(Cc2ccc(B3OC(C)(C)C(C)(C)O3)cc2)N=C(c2ccccc2)c2ccccc2)cc1. The first-order valence-corrected chi connectivity index (χ1v) is 15.2. The van der Waals surface area contributed by atoms with Crippen molar-refractivity contribution < 1.29 is 14.0 Å². The summed E-state index contributed by atoms with van der Waals surface area (Å²) in [6.07, 6.45) is 0.593. The average Bonchev–Trinajstić information content (AvgIpc) is 3.60. The lowest BCUT2D eigenvalue weighted by Crippen LogP contribution is -2.41. The average molecular weight is 600 g/mol. The van der Waals surface area contributed by atoms with Crippen molar-refractivity contribution in [2.45, 2.75) is 57.9 Å². The zero-order valence-corrected chi connectivity index (χ0v) is 26.4. The Hall–Kier alpha value is -4.60. The van der Waals surface area contributed by atoms with Crippen LogP contribution in [0, 0.1) is 0 Å². The number of rotatable bonds is 10. The summed E-state index contributed by atoms with van der Waals surface area (Å²) in [4.78, 5) is 5.41. The summed E-state index contributed by atoms with van der Waals surface area (Å²) in [5.74, 6) is 1.49. The van der Waals surface area contributed by atoms with Gasteiger partial charge in [0.2, 0.25) is 0 Å². The van der Waals surface area contributed by atoms with Crippen LogP contribution in [-0.2, 0) is 22.3 Å². The number of benzene rings is 4. The van der Waals surface area contributed by atoms with Gasteiger partial charge in [0, 0.05) is 17.5 Å². The monoisotopic (exact) mass is 599 g/mol. The van der Waals surface area contributed by atoms with Gasteiger partial charge < -0.3 is 14.0 Å². The van der Waals surface area contributed by atoms with Gasteiger partial charge in [0.15, 0.2) is 5.82 Å². The molecule has 5 aromatic rings. The van der Waals surface area contributed by atoms with Gasteiger partial charge in [-0.1, -0.05) is 97.1 Å². The van der Waals surface area contributed by atoms with Crippen LogP contribution >= 0.6 is 0 Å². The molecule has 0 spiro atoms. The molecule has 0 bridgehead atoms. The third-order valence-corrected chi connectivity index (χ3v) is 8.66. The Morgan fingerprint density at radius 2 is 1.33 bits per heavy atom. The van der Waals surface area contributed by atoms with Crippen LogP contribution in [0.15, 0.2) is 114 Å². The molecule has 0 radical (unpaired) electrons. The zero-order chi connectivity index (χ0) is 31.4. The van der Waals surface area contributed by atoms with Crippen molar-refractivity contribution >= 4 is 18.3 Å². The predicted molar refractivity (Wildman–Crippen MR) is 177 cm³/mol. The summed E-state index contributed by atoms with van der Waals surface area (Å²) >= 11 is 0. The number of ether oxygens (including phenoxy) is 1. The van der Waals surface area contributed by atoms with E-state index in [1.807, 2.05) is 65.3 Å². The van der Waals surface area contributed by atoms with E-state index in [4.69, 9.17) is 19.0 Å². The van der Waals surface area contributed by atoms with Crippen LogP contribution in [0.25, 0.3) is 0 Å². The first-order chi connectivity index (χ1) is 21.7. The molecule has 8 nitrogen and oxygen atoms in total. The lowest BCUT2D eigenvalue weighted by atomic mass is 9.78. The van der Waals surface area contributed by atoms with Gasteiger partial charge in [-0.25, -0.2) is 4.68 Å². The number of nitrogens with zero attached hydrogens (tertiary/aromatic N) is 5. The summed E-state index contributed by atoms with van der Waals surface area (Å²) in [7, 11) is 1.24. The normalized spacial score (nSPS) is 15.9. The summed E-state index contributed by atoms with van der Waals surface area (Å²) in [5.41, 5.74) is 5.28. The Morgan fingerprint density at radius 1 is 0.778 bits per heavy atom. The molecule has 1 aromatic heterocycles. The van der Waals surface area contributed by atoms with Crippen LogP contribution < -0.4 is 10.2 Å². The molecule has 1 saturated heterocycles. The third-order valence-electron chi connectivity index (χ3n) is 8.66. The summed E-state index contributed by atoms with van der Waals surface area (Å²) in [6, 6.07) is 36.5. The number of tetrazole rings is 1. The highest BCUT2D eigenvalue weighted by atomic mass is 16.7. The summed E-state index contributed by atoms with van der Waals surface area (Å²) < 4.78 is 19.7. The second-order valence-electron chi connectivity index (χ2n) is 12.3. The Balaban J connectivity index is 1.36. The van der Waals surface area contributed by atoms with Gasteiger partial charge in [0.1, 0.15) is 11.8 Å². The molecule has 1 unspecified atom stereocenters. The minimum absolute atomic E-state index is 0.364. The Morgan fingerprint density at radius 3 is 1.89 bits per heavy atom. The second-order valence-corrected chi connectivity index (χ2v) is 12.3. The van der Waals surface area contributed by atoms with Crippen LogP contribution in [0.4, 0.5) is 0 Å². The highest BCUT2D eigenvalue weighted by molar-refractivity contribution is 6.62. The largest absolute Gasteiger partial charge is 0.497 e. The van der Waals surface area contributed by atoms with Crippen LogP contribution in [0.1, 0.15) is 61.8 Å². The highest BCUT2D eigenvalue weighted by Crippen LogP contribution is 2.36. The fourth-order valence-electron chi connectivity index (χ4n) is 5.34. The molecule has 4 aromatic carbocycles. The molecule has 0 N–H and O–H groups in total. The fourth-order valence-corrected chi connectivity index (χ4v) is 5.34. The van der Waals surface area contributed by atoms with Crippen LogP contribution in [-0.4, -0.2) is 51.3 Å². The molecule has 45 heavy (non-hydrogen) atoms. The van der Waals surface area contributed by atoms with Crippen LogP contribution in [0.5, 0.6) is 5.75 Å². The molecule has 1 aliphatic rings. The topological polar surface area (TPSA) is 83.7 Å². The van der Waals surface area contributed by atoms with E-state index in [9.17, 15) is 0 Å². The van der Waals surface area contributed by atoms with E-state index in [1.54, 1.807) is 7.11 Å². The zero-order valence-electron chi connectivity index (χ0n) is 26.4. The molecule has 0 saturated carbocycles. The summed E-state index contributed by atoms with van der Waals surface area (Å²) in [5, 5.41) is 13.0. The Labute approximate surface area is 265 Å². The van der Waals surface area contributed by atoms with Gasteiger partial charge in [-0.3, -0.25) is 4.99 Å². The quantitative estimate of drug-likeness (QED) is 0.148. The fraction of sp³-hybridized carbons (Fsp3) is 0.278. The third kappa shape index (κ3) is 6.75. The Kier molecular flexibility index (Phi) is 8.65. The molecule has 228 valence electrons. The molecule has 0 amide bonds. The molecule has 0 aliphatic carbocycles. The van der Waals surface area contributed by atoms with Crippen molar-refractivity contribution in [3.63, 3.8) is 0 Å². The minimum atomic E-state index is -0.419.